The SMILES string of the molecule is C[C@H](Sc1ccccc1)[C@@H](C)[N+](=O)[O-]. The molecule has 0 fully saturated rings. The van der Waals surface area contributed by atoms with Gasteiger partial charge in [-0.15, -0.1) is 11.8 Å². The highest BCUT2D eigenvalue weighted by Gasteiger charge is 2.22. The lowest BCUT2D eigenvalue weighted by Crippen LogP contribution is -2.25. The molecule has 0 aliphatic rings. The van der Waals surface area contributed by atoms with E-state index in [0.717, 1.165) is 4.90 Å². The molecule has 3 nitrogen and oxygen atoms in total. The Morgan fingerprint density at radius 2 is 1.86 bits per heavy atom. The van der Waals surface area contributed by atoms with Crippen molar-refractivity contribution in [3.05, 3.63) is 40.4 Å². The van der Waals surface area contributed by atoms with Crippen molar-refractivity contribution in [2.75, 3.05) is 0 Å². The Hall–Kier alpha value is -1.03. The quantitative estimate of drug-likeness (QED) is 0.437. The van der Waals surface area contributed by atoms with Crippen LogP contribution in [0.2, 0.25) is 0 Å². The lowest BCUT2D eigenvalue weighted by Gasteiger charge is -2.12. The number of hydrogen-bond donors (Lipinski definition) is 0. The second kappa shape index (κ2) is 5.00. The van der Waals surface area contributed by atoms with Crippen molar-refractivity contribution >= 4 is 11.8 Å². The minimum absolute atomic E-state index is 0.00704. The van der Waals surface area contributed by atoms with Crippen LogP contribution in [0.5, 0.6) is 0 Å². The molecule has 1 aromatic rings. The van der Waals surface area contributed by atoms with Crippen molar-refractivity contribution in [1.29, 1.82) is 0 Å². The molecule has 0 amide bonds. The summed E-state index contributed by atoms with van der Waals surface area (Å²) in [6.07, 6.45) is 0. The molecular formula is C10H13NO2S. The second-order valence-electron chi connectivity index (χ2n) is 3.16. The van der Waals surface area contributed by atoms with Gasteiger partial charge in [-0.2, -0.15) is 0 Å². The molecule has 0 bridgehead atoms. The van der Waals surface area contributed by atoms with E-state index in [1.807, 2.05) is 37.3 Å². The zero-order valence-electron chi connectivity index (χ0n) is 8.21. The third kappa shape index (κ3) is 3.03. The summed E-state index contributed by atoms with van der Waals surface area (Å²) in [7, 11) is 0. The molecule has 0 heterocycles. The van der Waals surface area contributed by atoms with Crippen LogP contribution in [0.3, 0.4) is 0 Å². The molecule has 14 heavy (non-hydrogen) atoms. The molecular weight excluding hydrogens is 198 g/mol. The van der Waals surface area contributed by atoms with Gasteiger partial charge in [0, 0.05) is 16.7 Å². The van der Waals surface area contributed by atoms with E-state index in [4.69, 9.17) is 0 Å². The summed E-state index contributed by atoms with van der Waals surface area (Å²) in [6, 6.07) is 9.23. The molecule has 0 spiro atoms. The van der Waals surface area contributed by atoms with Gasteiger partial charge in [0.05, 0.1) is 5.25 Å². The van der Waals surface area contributed by atoms with Crippen LogP contribution in [0, 0.1) is 10.1 Å². The highest BCUT2D eigenvalue weighted by molar-refractivity contribution is 8.00. The predicted octanol–water partition coefficient (Wildman–Crippen LogP) is 2.83. The van der Waals surface area contributed by atoms with E-state index >= 15 is 0 Å². The standard InChI is InChI=1S/C10H13NO2S/c1-8(11(12)13)9(2)14-10-6-4-3-5-7-10/h3-9H,1-2H3/t8-,9+/m1/s1. The lowest BCUT2D eigenvalue weighted by molar-refractivity contribution is -0.516. The first-order valence-corrected chi connectivity index (χ1v) is 5.34. The molecule has 4 heteroatoms. The Kier molecular flexibility index (Phi) is 3.95. The van der Waals surface area contributed by atoms with Crippen LogP contribution < -0.4 is 0 Å². The topological polar surface area (TPSA) is 43.1 Å². The van der Waals surface area contributed by atoms with E-state index in [0.29, 0.717) is 0 Å². The average Bonchev–Trinajstić information content (AvgIpc) is 2.18. The van der Waals surface area contributed by atoms with Crippen molar-refractivity contribution in [1.82, 2.24) is 0 Å². The molecule has 0 radical (unpaired) electrons. The zero-order valence-corrected chi connectivity index (χ0v) is 9.03. The monoisotopic (exact) mass is 211 g/mol. The fraction of sp³-hybridized carbons (Fsp3) is 0.400. The highest BCUT2D eigenvalue weighted by Crippen LogP contribution is 2.25. The first-order chi connectivity index (χ1) is 6.61. The number of nitrogens with zero attached hydrogens (tertiary/aromatic N) is 1. The van der Waals surface area contributed by atoms with Crippen LogP contribution in [0.25, 0.3) is 0 Å². The van der Waals surface area contributed by atoms with Gasteiger partial charge in [-0.1, -0.05) is 18.2 Å². The third-order valence-electron chi connectivity index (χ3n) is 2.08. The van der Waals surface area contributed by atoms with Crippen molar-refractivity contribution in [3.8, 4) is 0 Å². The Morgan fingerprint density at radius 3 is 2.36 bits per heavy atom. The van der Waals surface area contributed by atoms with Gasteiger partial charge in [-0.3, -0.25) is 10.1 Å². The molecule has 0 saturated carbocycles. The summed E-state index contributed by atoms with van der Waals surface area (Å²) in [4.78, 5) is 11.4. The number of hydrogen-bond acceptors (Lipinski definition) is 3. The summed E-state index contributed by atoms with van der Waals surface area (Å²) < 4.78 is 0. The molecule has 0 aliphatic carbocycles. The van der Waals surface area contributed by atoms with Crippen LogP contribution in [0.4, 0.5) is 0 Å². The van der Waals surface area contributed by atoms with E-state index in [1.165, 1.54) is 11.8 Å². The van der Waals surface area contributed by atoms with Crippen molar-refractivity contribution in [2.24, 2.45) is 0 Å². The third-order valence-corrected chi connectivity index (χ3v) is 3.39. The summed E-state index contributed by atoms with van der Waals surface area (Å²) in [5.74, 6) is 0. The van der Waals surface area contributed by atoms with E-state index in [9.17, 15) is 10.1 Å². The Labute approximate surface area is 87.7 Å². The number of thioether (sulfide) groups is 1. The Bertz CT molecular complexity index is 302. The van der Waals surface area contributed by atoms with Crippen LogP contribution in [0.15, 0.2) is 35.2 Å². The van der Waals surface area contributed by atoms with Crippen LogP contribution in [-0.4, -0.2) is 16.2 Å². The molecule has 0 N–H and O–H groups in total. The number of nitro groups is 1. The van der Waals surface area contributed by atoms with Gasteiger partial charge < -0.3 is 0 Å². The van der Waals surface area contributed by atoms with Crippen molar-refractivity contribution in [3.63, 3.8) is 0 Å². The second-order valence-corrected chi connectivity index (χ2v) is 4.61. The fourth-order valence-corrected chi connectivity index (χ4v) is 2.02. The summed E-state index contributed by atoms with van der Waals surface area (Å²) in [6.45, 7) is 3.52. The Balaban J connectivity index is 2.57. The van der Waals surface area contributed by atoms with Crippen LogP contribution in [0.1, 0.15) is 13.8 Å². The first-order valence-electron chi connectivity index (χ1n) is 4.46. The first kappa shape index (κ1) is 11.0. The molecule has 0 aromatic heterocycles. The Morgan fingerprint density at radius 1 is 1.29 bits per heavy atom. The number of benzene rings is 1. The summed E-state index contributed by atoms with van der Waals surface area (Å²) in [5, 5.41) is 10.5. The van der Waals surface area contributed by atoms with Gasteiger partial charge in [-0.05, 0) is 19.1 Å². The maximum Gasteiger partial charge on any atom is 0.222 e. The molecule has 76 valence electrons. The predicted molar refractivity (Wildman–Crippen MR) is 58.2 cm³/mol. The van der Waals surface area contributed by atoms with E-state index < -0.39 is 6.04 Å². The van der Waals surface area contributed by atoms with Gasteiger partial charge in [0.25, 0.3) is 0 Å². The molecule has 1 rings (SSSR count). The van der Waals surface area contributed by atoms with E-state index in [-0.39, 0.29) is 10.2 Å². The smallest absolute Gasteiger partial charge is 0.222 e. The maximum absolute atomic E-state index is 10.5. The lowest BCUT2D eigenvalue weighted by atomic mass is 10.3. The van der Waals surface area contributed by atoms with Crippen LogP contribution in [-0.2, 0) is 0 Å². The van der Waals surface area contributed by atoms with Gasteiger partial charge >= 0.3 is 0 Å². The minimum atomic E-state index is -0.514. The molecule has 0 saturated heterocycles. The molecule has 0 unspecified atom stereocenters. The van der Waals surface area contributed by atoms with Gasteiger partial charge in [-0.25, -0.2) is 0 Å². The number of rotatable bonds is 4. The van der Waals surface area contributed by atoms with Crippen molar-refractivity contribution in [2.45, 2.75) is 30.0 Å². The van der Waals surface area contributed by atoms with Crippen molar-refractivity contribution < 1.29 is 4.92 Å². The molecule has 0 aliphatic heterocycles. The maximum atomic E-state index is 10.5. The van der Waals surface area contributed by atoms with Crippen LogP contribution >= 0.6 is 11.8 Å². The van der Waals surface area contributed by atoms with Gasteiger partial charge in [0.2, 0.25) is 6.04 Å². The van der Waals surface area contributed by atoms with Gasteiger partial charge in [0.15, 0.2) is 0 Å². The molecule has 2 atom stereocenters. The zero-order chi connectivity index (χ0) is 10.6. The van der Waals surface area contributed by atoms with Gasteiger partial charge in [0.1, 0.15) is 0 Å². The highest BCUT2D eigenvalue weighted by atomic mass is 32.2. The normalized spacial score (nSPS) is 14.7. The fourth-order valence-electron chi connectivity index (χ4n) is 0.984. The van der Waals surface area contributed by atoms with E-state index in [1.54, 1.807) is 6.92 Å². The largest absolute Gasteiger partial charge is 0.264 e. The van der Waals surface area contributed by atoms with E-state index in [2.05, 4.69) is 0 Å². The summed E-state index contributed by atoms with van der Waals surface area (Å²) in [5.41, 5.74) is 0. The minimum Gasteiger partial charge on any atom is -0.264 e. The summed E-state index contributed by atoms with van der Waals surface area (Å²) >= 11 is 1.54. The average molecular weight is 211 g/mol. The molecule has 1 aromatic carbocycles.